The summed E-state index contributed by atoms with van der Waals surface area (Å²) in [7, 11) is 0. The minimum absolute atomic E-state index is 0. The molecule has 0 unspecified atom stereocenters. The third kappa shape index (κ3) is 4.56. The van der Waals surface area contributed by atoms with E-state index in [9.17, 15) is 4.79 Å². The summed E-state index contributed by atoms with van der Waals surface area (Å²) >= 11 is 6.02. The number of halogens is 2. The van der Waals surface area contributed by atoms with Crippen molar-refractivity contribution in [3.8, 4) is 5.82 Å². The lowest BCUT2D eigenvalue weighted by Gasteiger charge is -2.24. The number of ether oxygens (including phenoxy) is 1. The number of morpholine rings is 1. The highest BCUT2D eigenvalue weighted by atomic mass is 35.5. The second kappa shape index (κ2) is 9.25. The van der Waals surface area contributed by atoms with E-state index in [1.54, 1.807) is 12.3 Å². The van der Waals surface area contributed by atoms with Crippen LogP contribution in [0.1, 0.15) is 27.7 Å². The molecule has 4 rings (SSSR count). The van der Waals surface area contributed by atoms with Crippen molar-refractivity contribution in [2.75, 3.05) is 19.7 Å². The molecule has 1 aliphatic rings. The number of hydrogen-bond acceptors (Lipinski definition) is 6. The Kier molecular flexibility index (Phi) is 6.74. The molecule has 1 atom stereocenters. The lowest BCUT2D eigenvalue weighted by molar-refractivity contribution is 0.0277. The Bertz CT molecular complexity index is 940. The Morgan fingerprint density at radius 3 is 2.71 bits per heavy atom. The molecule has 1 fully saturated rings. The third-order valence-corrected chi connectivity index (χ3v) is 4.64. The van der Waals surface area contributed by atoms with E-state index >= 15 is 0 Å². The molecule has 0 spiro atoms. The average Bonchev–Trinajstić information content (AvgIpc) is 3.20. The summed E-state index contributed by atoms with van der Waals surface area (Å²) in [6.45, 7) is 2.40. The van der Waals surface area contributed by atoms with Gasteiger partial charge in [0.25, 0.3) is 0 Å². The maximum Gasteiger partial charge on any atom is 0.191 e. The molecule has 3 aromatic rings. The number of carbonyl (C=O) groups is 1. The van der Waals surface area contributed by atoms with Gasteiger partial charge in [-0.05, 0) is 17.2 Å². The highest BCUT2D eigenvalue weighted by Gasteiger charge is 2.17. The first-order chi connectivity index (χ1) is 13.2. The smallest absolute Gasteiger partial charge is 0.191 e. The number of benzene rings is 1. The van der Waals surface area contributed by atoms with Crippen molar-refractivity contribution in [3.63, 3.8) is 0 Å². The molecule has 0 radical (unpaired) electrons. The number of rotatable bonds is 5. The molecular weight excluding hydrogens is 401 g/mol. The van der Waals surface area contributed by atoms with Crippen LogP contribution in [0, 0.1) is 0 Å². The summed E-state index contributed by atoms with van der Waals surface area (Å²) in [5.74, 6) is 0.320. The van der Waals surface area contributed by atoms with Gasteiger partial charge in [-0.1, -0.05) is 35.9 Å². The first-order valence-electron chi connectivity index (χ1n) is 8.67. The molecule has 3 heterocycles. The van der Waals surface area contributed by atoms with Gasteiger partial charge in [0.05, 0.1) is 12.7 Å². The second-order valence-electron chi connectivity index (χ2n) is 6.22. The summed E-state index contributed by atoms with van der Waals surface area (Å²) in [6, 6.07) is 9.60. The molecule has 0 saturated carbocycles. The Balaban J connectivity index is 0.00000225. The van der Waals surface area contributed by atoms with Crippen molar-refractivity contribution >= 4 is 29.8 Å². The molecule has 1 aromatic carbocycles. The van der Waals surface area contributed by atoms with Gasteiger partial charge >= 0.3 is 0 Å². The predicted molar refractivity (Wildman–Crippen MR) is 107 cm³/mol. The average molecular weight is 420 g/mol. The van der Waals surface area contributed by atoms with E-state index in [1.807, 2.05) is 24.3 Å². The zero-order valence-electron chi connectivity index (χ0n) is 14.9. The molecule has 0 bridgehead atoms. The molecule has 146 valence electrons. The van der Waals surface area contributed by atoms with Gasteiger partial charge in [0.2, 0.25) is 0 Å². The SMILES string of the molecule is Cl.O=C(Cc1ccc([C@H]2CNCCO2)cc1)c1ccn(-c2nccnc2Cl)n1. The van der Waals surface area contributed by atoms with Gasteiger partial charge in [-0.2, -0.15) is 5.10 Å². The van der Waals surface area contributed by atoms with E-state index in [4.69, 9.17) is 16.3 Å². The van der Waals surface area contributed by atoms with Crippen LogP contribution in [0.25, 0.3) is 5.82 Å². The number of ketones is 1. The first kappa shape index (κ1) is 20.4. The number of hydrogen-bond donors (Lipinski definition) is 1. The van der Waals surface area contributed by atoms with Crippen molar-refractivity contribution in [2.45, 2.75) is 12.5 Å². The van der Waals surface area contributed by atoms with E-state index in [1.165, 1.54) is 17.1 Å². The molecule has 0 amide bonds. The van der Waals surface area contributed by atoms with Gasteiger partial charge in [-0.3, -0.25) is 4.79 Å². The van der Waals surface area contributed by atoms with Gasteiger partial charge in [0.1, 0.15) is 5.69 Å². The highest BCUT2D eigenvalue weighted by molar-refractivity contribution is 6.30. The van der Waals surface area contributed by atoms with Crippen LogP contribution in [0.15, 0.2) is 48.9 Å². The zero-order valence-corrected chi connectivity index (χ0v) is 16.5. The Hall–Kier alpha value is -2.32. The Labute approximate surface area is 173 Å². The summed E-state index contributed by atoms with van der Waals surface area (Å²) in [6.07, 6.45) is 5.02. The van der Waals surface area contributed by atoms with Crippen LogP contribution in [0.3, 0.4) is 0 Å². The zero-order chi connectivity index (χ0) is 18.6. The van der Waals surface area contributed by atoms with Crippen LogP contribution < -0.4 is 5.32 Å². The summed E-state index contributed by atoms with van der Waals surface area (Å²) in [5, 5.41) is 7.82. The standard InChI is InChI=1S/C19H18ClN5O2.ClH/c20-18-19(23-7-6-22-18)25-9-5-15(24-25)16(26)11-13-1-3-14(4-2-13)17-12-21-8-10-27-17;/h1-7,9,17,21H,8,10-12H2;1H/t17-;/m1./s1. The first-order valence-corrected chi connectivity index (χ1v) is 9.05. The molecular formula is C19H19Cl2N5O2. The van der Waals surface area contributed by atoms with Crippen LogP contribution in [-0.2, 0) is 11.2 Å². The highest BCUT2D eigenvalue weighted by Crippen LogP contribution is 2.20. The molecule has 7 nitrogen and oxygen atoms in total. The molecule has 1 N–H and O–H groups in total. The maximum absolute atomic E-state index is 12.6. The monoisotopic (exact) mass is 419 g/mol. The van der Waals surface area contributed by atoms with Crippen molar-refractivity contribution < 1.29 is 9.53 Å². The molecule has 9 heteroatoms. The van der Waals surface area contributed by atoms with E-state index < -0.39 is 0 Å². The number of aromatic nitrogens is 4. The normalized spacial score (nSPS) is 16.4. The fourth-order valence-electron chi connectivity index (χ4n) is 2.96. The van der Waals surface area contributed by atoms with E-state index in [-0.39, 0.29) is 35.9 Å². The van der Waals surface area contributed by atoms with Crippen molar-refractivity contribution in [3.05, 3.63) is 70.9 Å². The fraction of sp³-hybridized carbons (Fsp3) is 0.263. The summed E-state index contributed by atoms with van der Waals surface area (Å²) in [5.41, 5.74) is 2.40. The minimum atomic E-state index is -0.0721. The van der Waals surface area contributed by atoms with Crippen LogP contribution in [-0.4, -0.2) is 45.2 Å². The third-order valence-electron chi connectivity index (χ3n) is 4.37. The van der Waals surface area contributed by atoms with Crippen LogP contribution in [0.4, 0.5) is 0 Å². The topological polar surface area (TPSA) is 81.9 Å². The summed E-state index contributed by atoms with van der Waals surface area (Å²) < 4.78 is 7.20. The lowest BCUT2D eigenvalue weighted by atomic mass is 10.0. The van der Waals surface area contributed by atoms with Crippen LogP contribution >= 0.6 is 24.0 Å². The number of nitrogens with one attached hydrogen (secondary N) is 1. The molecule has 1 aliphatic heterocycles. The minimum Gasteiger partial charge on any atom is -0.371 e. The molecule has 2 aromatic heterocycles. The van der Waals surface area contributed by atoms with Crippen LogP contribution in [0.5, 0.6) is 0 Å². The van der Waals surface area contributed by atoms with Crippen molar-refractivity contribution in [1.82, 2.24) is 25.1 Å². The predicted octanol–water partition coefficient (Wildman–Crippen LogP) is 2.82. The van der Waals surface area contributed by atoms with Gasteiger partial charge in [0.15, 0.2) is 16.8 Å². The van der Waals surface area contributed by atoms with Crippen molar-refractivity contribution in [1.29, 1.82) is 0 Å². The largest absolute Gasteiger partial charge is 0.371 e. The molecule has 28 heavy (non-hydrogen) atoms. The van der Waals surface area contributed by atoms with E-state index in [2.05, 4.69) is 20.4 Å². The Morgan fingerprint density at radius 1 is 1.21 bits per heavy atom. The number of Topliss-reactive ketones (excluding diaryl/α,β-unsaturated/α-hetero) is 1. The Morgan fingerprint density at radius 2 is 2.00 bits per heavy atom. The number of carbonyl (C=O) groups excluding carboxylic acids is 1. The molecule has 1 saturated heterocycles. The lowest BCUT2D eigenvalue weighted by Crippen LogP contribution is -2.33. The van der Waals surface area contributed by atoms with Gasteiger partial charge in [-0.25, -0.2) is 14.6 Å². The van der Waals surface area contributed by atoms with E-state index in [0.29, 0.717) is 18.1 Å². The summed E-state index contributed by atoms with van der Waals surface area (Å²) in [4.78, 5) is 20.7. The van der Waals surface area contributed by atoms with Crippen molar-refractivity contribution in [2.24, 2.45) is 0 Å². The van der Waals surface area contributed by atoms with Gasteiger partial charge in [0, 0.05) is 38.1 Å². The van der Waals surface area contributed by atoms with Gasteiger partial charge < -0.3 is 10.1 Å². The maximum atomic E-state index is 12.6. The quantitative estimate of drug-likeness (QED) is 0.640. The number of nitrogens with zero attached hydrogens (tertiary/aromatic N) is 4. The van der Waals surface area contributed by atoms with Crippen LogP contribution in [0.2, 0.25) is 5.15 Å². The van der Waals surface area contributed by atoms with Gasteiger partial charge in [-0.15, -0.1) is 12.4 Å². The molecule has 0 aliphatic carbocycles. The second-order valence-corrected chi connectivity index (χ2v) is 6.58. The van der Waals surface area contributed by atoms with E-state index in [0.717, 1.165) is 24.2 Å². The fourth-order valence-corrected chi connectivity index (χ4v) is 3.16.